The van der Waals surface area contributed by atoms with E-state index in [4.69, 9.17) is 5.41 Å². The minimum Gasteiger partial charge on any atom is -0.282 e. The minimum atomic E-state index is -0.471. The summed E-state index contributed by atoms with van der Waals surface area (Å²) in [6.07, 6.45) is 3.26. The second-order valence-electron chi connectivity index (χ2n) is 4.82. The molecule has 1 amide bonds. The summed E-state index contributed by atoms with van der Waals surface area (Å²) in [5.74, 6) is -0.823. The van der Waals surface area contributed by atoms with Crippen molar-refractivity contribution in [1.82, 2.24) is 5.01 Å². The van der Waals surface area contributed by atoms with E-state index in [-0.39, 0.29) is 17.2 Å². The number of carbonyl (C=O) groups is 1. The van der Waals surface area contributed by atoms with Gasteiger partial charge in [-0.3, -0.25) is 10.2 Å². The Bertz CT molecular complexity index is 736. The third-order valence-electron chi connectivity index (χ3n) is 3.14. The molecule has 0 unspecified atom stereocenters. The molecule has 2 aliphatic rings. The zero-order valence-corrected chi connectivity index (χ0v) is 12.7. The predicted molar refractivity (Wildman–Crippen MR) is 86.3 cm³/mol. The van der Waals surface area contributed by atoms with E-state index in [2.05, 4.69) is 10.1 Å². The zero-order valence-electron chi connectivity index (χ0n) is 11.8. The number of aliphatic imine (C=N–C) groups is 1. The molecular formula is C15H13FN4OS. The third kappa shape index (κ3) is 2.71. The Labute approximate surface area is 131 Å². The first-order chi connectivity index (χ1) is 10.6. The molecule has 0 bridgehead atoms. The Morgan fingerprint density at radius 3 is 2.77 bits per heavy atom. The summed E-state index contributed by atoms with van der Waals surface area (Å²) in [4.78, 5) is 16.1. The number of benzene rings is 1. The van der Waals surface area contributed by atoms with Crippen molar-refractivity contribution in [2.45, 2.75) is 19.8 Å². The maximum absolute atomic E-state index is 12.9. The minimum absolute atomic E-state index is 0.00192. The molecule has 0 fully saturated rings. The summed E-state index contributed by atoms with van der Waals surface area (Å²) in [7, 11) is 0. The molecule has 1 N–H and O–H groups in total. The Balaban J connectivity index is 1.93. The van der Waals surface area contributed by atoms with Crippen LogP contribution in [0.2, 0.25) is 0 Å². The first kappa shape index (κ1) is 14.6. The molecule has 0 saturated carbocycles. The van der Waals surface area contributed by atoms with Crippen LogP contribution in [0.4, 0.5) is 4.39 Å². The van der Waals surface area contributed by atoms with Crippen LogP contribution < -0.4 is 0 Å². The van der Waals surface area contributed by atoms with Gasteiger partial charge in [0.25, 0.3) is 5.91 Å². The highest BCUT2D eigenvalue weighted by atomic mass is 32.2. The fourth-order valence-electron chi connectivity index (χ4n) is 2.07. The highest BCUT2D eigenvalue weighted by molar-refractivity contribution is 8.26. The lowest BCUT2D eigenvalue weighted by Crippen LogP contribution is -2.35. The average molecular weight is 316 g/mol. The molecule has 0 radical (unpaired) electrons. The Hall–Kier alpha value is -2.28. The lowest BCUT2D eigenvalue weighted by Gasteiger charge is -2.20. The Kier molecular flexibility index (Phi) is 3.89. The summed E-state index contributed by atoms with van der Waals surface area (Å²) in [6, 6.07) is 5.71. The van der Waals surface area contributed by atoms with Gasteiger partial charge in [0.15, 0.2) is 5.84 Å². The van der Waals surface area contributed by atoms with Crippen LogP contribution in [0.3, 0.4) is 0 Å². The van der Waals surface area contributed by atoms with E-state index in [1.54, 1.807) is 12.1 Å². The summed E-state index contributed by atoms with van der Waals surface area (Å²) < 4.78 is 12.9. The van der Waals surface area contributed by atoms with Gasteiger partial charge in [-0.25, -0.2) is 4.39 Å². The molecule has 7 heteroatoms. The molecule has 22 heavy (non-hydrogen) atoms. The molecule has 1 aromatic carbocycles. The van der Waals surface area contributed by atoms with Gasteiger partial charge < -0.3 is 0 Å². The lowest BCUT2D eigenvalue weighted by molar-refractivity contribution is -0.114. The monoisotopic (exact) mass is 316 g/mol. The first-order valence-electron chi connectivity index (χ1n) is 6.83. The highest BCUT2D eigenvalue weighted by Crippen LogP contribution is 2.29. The number of hydrazone groups is 1. The van der Waals surface area contributed by atoms with Crippen molar-refractivity contribution in [2.24, 2.45) is 10.1 Å². The van der Waals surface area contributed by atoms with Gasteiger partial charge in [0.1, 0.15) is 10.9 Å². The number of amides is 1. The summed E-state index contributed by atoms with van der Waals surface area (Å²) in [5.41, 5.74) is 0.787. The van der Waals surface area contributed by atoms with Gasteiger partial charge in [0.05, 0.1) is 5.57 Å². The maximum Gasteiger partial charge on any atom is 0.283 e. The van der Waals surface area contributed by atoms with Crippen LogP contribution in [-0.4, -0.2) is 27.0 Å². The number of nitrogens with zero attached hydrogens (tertiary/aromatic N) is 3. The molecule has 1 aromatic rings. The van der Waals surface area contributed by atoms with Gasteiger partial charge >= 0.3 is 0 Å². The molecule has 2 heterocycles. The predicted octanol–water partition coefficient (Wildman–Crippen LogP) is 3.24. The molecule has 5 nitrogen and oxygen atoms in total. The highest BCUT2D eigenvalue weighted by Gasteiger charge is 2.35. The standard InChI is InChI=1S/C15H13FN4OS/c1-2-3-12-19-20-13(17)11(14(21)18-15(20)22-12)8-9-4-6-10(16)7-5-9/h4-8,17H,2-3H2,1H3/b11-8-,17-13?. The number of nitrogens with one attached hydrogen (secondary N) is 1. The Morgan fingerprint density at radius 2 is 2.09 bits per heavy atom. The smallest absolute Gasteiger partial charge is 0.282 e. The van der Waals surface area contributed by atoms with Crippen molar-refractivity contribution in [3.63, 3.8) is 0 Å². The normalized spacial score (nSPS) is 19.4. The topological polar surface area (TPSA) is 68.9 Å². The van der Waals surface area contributed by atoms with E-state index in [9.17, 15) is 9.18 Å². The van der Waals surface area contributed by atoms with Crippen LogP contribution >= 0.6 is 11.8 Å². The van der Waals surface area contributed by atoms with Crippen LogP contribution in [0.1, 0.15) is 25.3 Å². The second-order valence-corrected chi connectivity index (χ2v) is 5.86. The largest absolute Gasteiger partial charge is 0.283 e. The van der Waals surface area contributed by atoms with E-state index >= 15 is 0 Å². The molecule has 0 saturated heterocycles. The number of hydrogen-bond donors (Lipinski definition) is 1. The van der Waals surface area contributed by atoms with Crippen LogP contribution in [-0.2, 0) is 4.79 Å². The van der Waals surface area contributed by atoms with Gasteiger partial charge in [-0.15, -0.1) is 0 Å². The van der Waals surface area contributed by atoms with E-state index in [0.29, 0.717) is 10.7 Å². The number of fused-ring (bicyclic) bond motifs is 1. The fraction of sp³-hybridized carbons (Fsp3) is 0.200. The van der Waals surface area contributed by atoms with E-state index < -0.39 is 5.91 Å². The average Bonchev–Trinajstić information content (AvgIpc) is 2.88. The number of halogens is 1. The summed E-state index contributed by atoms with van der Waals surface area (Å²) >= 11 is 1.32. The maximum atomic E-state index is 12.9. The SMILES string of the molecule is CCCC1=NN2C(=N)/C(=C/c3ccc(F)cc3)C(=O)N=C2S1. The van der Waals surface area contributed by atoms with Gasteiger partial charge in [-0.05, 0) is 48.4 Å². The van der Waals surface area contributed by atoms with Crippen molar-refractivity contribution in [1.29, 1.82) is 5.41 Å². The van der Waals surface area contributed by atoms with Gasteiger partial charge in [-0.1, -0.05) is 19.1 Å². The third-order valence-corrected chi connectivity index (χ3v) is 4.11. The number of hydrogen-bond acceptors (Lipinski definition) is 4. The van der Waals surface area contributed by atoms with Crippen LogP contribution in [0.25, 0.3) is 6.08 Å². The van der Waals surface area contributed by atoms with Crippen LogP contribution in [0.15, 0.2) is 39.9 Å². The van der Waals surface area contributed by atoms with Crippen molar-refractivity contribution < 1.29 is 9.18 Å². The molecule has 112 valence electrons. The first-order valence-corrected chi connectivity index (χ1v) is 7.65. The fourth-order valence-corrected chi connectivity index (χ4v) is 3.06. The van der Waals surface area contributed by atoms with Gasteiger partial charge in [0, 0.05) is 0 Å². The number of carbonyl (C=O) groups excluding carboxylic acids is 1. The number of thioether (sulfide) groups is 1. The van der Waals surface area contributed by atoms with E-state index in [1.165, 1.54) is 35.0 Å². The van der Waals surface area contributed by atoms with Crippen molar-refractivity contribution >= 4 is 39.8 Å². The Morgan fingerprint density at radius 1 is 1.36 bits per heavy atom. The van der Waals surface area contributed by atoms with E-state index in [0.717, 1.165) is 17.9 Å². The molecule has 0 spiro atoms. The van der Waals surface area contributed by atoms with Crippen LogP contribution in [0.5, 0.6) is 0 Å². The zero-order chi connectivity index (χ0) is 15.7. The second kappa shape index (κ2) is 5.84. The molecule has 0 aliphatic carbocycles. The van der Waals surface area contributed by atoms with Crippen molar-refractivity contribution in [3.05, 3.63) is 41.2 Å². The molecule has 3 rings (SSSR count). The molecule has 0 aromatic heterocycles. The van der Waals surface area contributed by atoms with Gasteiger partial charge in [0.2, 0.25) is 5.17 Å². The molecule has 2 aliphatic heterocycles. The quantitative estimate of drug-likeness (QED) is 0.870. The van der Waals surface area contributed by atoms with Gasteiger partial charge in [-0.2, -0.15) is 15.1 Å². The van der Waals surface area contributed by atoms with E-state index in [1.807, 2.05) is 6.92 Å². The number of rotatable bonds is 3. The van der Waals surface area contributed by atoms with Crippen molar-refractivity contribution in [3.8, 4) is 0 Å². The van der Waals surface area contributed by atoms with Crippen LogP contribution in [0, 0.1) is 11.2 Å². The molecule has 0 atom stereocenters. The van der Waals surface area contributed by atoms with Crippen molar-refractivity contribution in [2.75, 3.05) is 0 Å². The number of amidine groups is 2. The summed E-state index contributed by atoms with van der Waals surface area (Å²) in [6.45, 7) is 2.04. The summed E-state index contributed by atoms with van der Waals surface area (Å²) in [5, 5.41) is 15.2. The molecular weight excluding hydrogens is 303 g/mol. The lowest BCUT2D eigenvalue weighted by atomic mass is 10.1.